The van der Waals surface area contributed by atoms with E-state index in [-0.39, 0.29) is 18.5 Å². The smallest absolute Gasteiger partial charge is 0.305 e. The molecule has 314 valence electrons. The molecule has 0 aromatic rings. The summed E-state index contributed by atoms with van der Waals surface area (Å²) in [6, 6.07) is -0.671. The Balaban J connectivity index is 3.62. The number of carbonyl (C=O) groups excluding carboxylic acids is 2. The fourth-order valence-corrected chi connectivity index (χ4v) is 6.50. The number of ether oxygens (including phenoxy) is 1. The Kier molecular flexibility index (Phi) is 41.8. The van der Waals surface area contributed by atoms with Gasteiger partial charge in [-0.2, -0.15) is 0 Å². The molecule has 0 aromatic heterocycles. The van der Waals surface area contributed by atoms with Crippen LogP contribution in [0, 0.1) is 0 Å². The van der Waals surface area contributed by atoms with Crippen molar-refractivity contribution >= 4 is 11.9 Å². The van der Waals surface area contributed by atoms with E-state index in [1.165, 1.54) is 135 Å². The summed E-state index contributed by atoms with van der Waals surface area (Å²) in [5.41, 5.74) is 0. The Morgan fingerprint density at radius 3 is 1.50 bits per heavy atom. The van der Waals surface area contributed by atoms with Gasteiger partial charge in [-0.25, -0.2) is 0 Å². The summed E-state index contributed by atoms with van der Waals surface area (Å²) in [6.45, 7) is 4.78. The van der Waals surface area contributed by atoms with Crippen LogP contribution >= 0.6 is 0 Å². The lowest BCUT2D eigenvalue weighted by Gasteiger charge is -2.19. The van der Waals surface area contributed by atoms with Crippen LogP contribution in [0.25, 0.3) is 0 Å². The van der Waals surface area contributed by atoms with E-state index in [1.54, 1.807) is 6.08 Å². The maximum atomic E-state index is 12.3. The minimum Gasteiger partial charge on any atom is -0.466 e. The first-order valence-corrected chi connectivity index (χ1v) is 22.9. The van der Waals surface area contributed by atoms with Gasteiger partial charge in [0.25, 0.3) is 0 Å². The lowest BCUT2D eigenvalue weighted by Crippen LogP contribution is -2.45. The van der Waals surface area contributed by atoms with Crippen molar-refractivity contribution in [2.24, 2.45) is 0 Å². The molecule has 0 aliphatic rings. The second-order valence-corrected chi connectivity index (χ2v) is 15.4. The van der Waals surface area contributed by atoms with Crippen molar-refractivity contribution < 1.29 is 24.5 Å². The van der Waals surface area contributed by atoms with Crippen LogP contribution in [0.3, 0.4) is 0 Å². The maximum absolute atomic E-state index is 12.3. The van der Waals surface area contributed by atoms with Gasteiger partial charge >= 0.3 is 5.97 Å². The summed E-state index contributed by atoms with van der Waals surface area (Å²) >= 11 is 0. The highest BCUT2D eigenvalue weighted by Gasteiger charge is 2.17. The summed E-state index contributed by atoms with van der Waals surface area (Å²) in [6.07, 6.45) is 52.5. The van der Waals surface area contributed by atoms with Crippen molar-refractivity contribution in [3.05, 3.63) is 48.6 Å². The van der Waals surface area contributed by atoms with Gasteiger partial charge < -0.3 is 20.3 Å². The molecule has 0 rings (SSSR count). The van der Waals surface area contributed by atoms with Crippen LogP contribution in [-0.2, 0) is 14.3 Å². The second kappa shape index (κ2) is 43.5. The van der Waals surface area contributed by atoms with Crippen LogP contribution in [0.1, 0.15) is 219 Å². The molecule has 0 saturated carbocycles. The first kappa shape index (κ1) is 51.8. The molecular weight excluding hydrogens is 671 g/mol. The molecule has 1 amide bonds. The van der Waals surface area contributed by atoms with E-state index in [0.717, 1.165) is 51.4 Å². The molecular formula is C48H87NO5. The zero-order chi connectivity index (χ0) is 39.4. The maximum Gasteiger partial charge on any atom is 0.305 e. The summed E-state index contributed by atoms with van der Waals surface area (Å²) in [4.78, 5) is 24.3. The van der Waals surface area contributed by atoms with Gasteiger partial charge in [0.1, 0.15) is 0 Å². The first-order chi connectivity index (χ1) is 26.5. The number of esters is 1. The van der Waals surface area contributed by atoms with Crippen LogP contribution in [-0.4, -0.2) is 47.4 Å². The second-order valence-electron chi connectivity index (χ2n) is 15.4. The van der Waals surface area contributed by atoms with Crippen molar-refractivity contribution in [1.82, 2.24) is 5.32 Å². The van der Waals surface area contributed by atoms with Crippen molar-refractivity contribution in [2.45, 2.75) is 231 Å². The van der Waals surface area contributed by atoms with Gasteiger partial charge in [-0.1, -0.05) is 178 Å². The molecule has 0 spiro atoms. The van der Waals surface area contributed by atoms with E-state index in [4.69, 9.17) is 4.74 Å². The van der Waals surface area contributed by atoms with Crippen LogP contribution in [0.2, 0.25) is 0 Å². The van der Waals surface area contributed by atoms with Gasteiger partial charge in [-0.3, -0.25) is 9.59 Å². The highest BCUT2D eigenvalue weighted by molar-refractivity contribution is 5.76. The lowest BCUT2D eigenvalue weighted by molar-refractivity contribution is -0.143. The summed E-state index contributed by atoms with van der Waals surface area (Å²) < 4.78 is 5.42. The van der Waals surface area contributed by atoms with Crippen LogP contribution in [0.4, 0.5) is 0 Å². The summed E-state index contributed by atoms with van der Waals surface area (Å²) in [5.74, 6) is -0.182. The monoisotopic (exact) mass is 758 g/mol. The molecule has 0 saturated heterocycles. The highest BCUT2D eigenvalue weighted by Crippen LogP contribution is 2.13. The van der Waals surface area contributed by atoms with Crippen molar-refractivity contribution in [2.75, 3.05) is 13.2 Å². The fourth-order valence-electron chi connectivity index (χ4n) is 6.50. The minimum absolute atomic E-state index is 0.0301. The number of carbonyl (C=O) groups is 2. The molecule has 0 heterocycles. The third-order valence-electron chi connectivity index (χ3n) is 10.1. The van der Waals surface area contributed by atoms with E-state index in [2.05, 4.69) is 49.5 Å². The van der Waals surface area contributed by atoms with E-state index < -0.39 is 12.1 Å². The van der Waals surface area contributed by atoms with Crippen molar-refractivity contribution in [3.63, 3.8) is 0 Å². The molecule has 0 aliphatic heterocycles. The van der Waals surface area contributed by atoms with E-state index in [9.17, 15) is 19.8 Å². The summed E-state index contributed by atoms with van der Waals surface area (Å²) in [7, 11) is 0. The quantitative estimate of drug-likeness (QED) is 0.0328. The van der Waals surface area contributed by atoms with Crippen molar-refractivity contribution in [1.29, 1.82) is 0 Å². The first-order valence-electron chi connectivity index (χ1n) is 22.9. The normalized spacial score (nSPS) is 13.2. The molecule has 0 radical (unpaired) electrons. The molecule has 6 nitrogen and oxygen atoms in total. The van der Waals surface area contributed by atoms with Gasteiger partial charge in [0.2, 0.25) is 5.91 Å². The number of unbranched alkanes of at least 4 members (excludes halogenated alkanes) is 24. The Morgan fingerprint density at radius 2 is 0.944 bits per heavy atom. The predicted octanol–water partition coefficient (Wildman–Crippen LogP) is 13.1. The number of aliphatic hydroxyl groups is 2. The molecule has 2 unspecified atom stereocenters. The molecule has 6 heteroatoms. The molecule has 0 fully saturated rings. The highest BCUT2D eigenvalue weighted by atomic mass is 16.5. The number of hydrogen-bond donors (Lipinski definition) is 3. The van der Waals surface area contributed by atoms with Crippen LogP contribution in [0.15, 0.2) is 48.6 Å². The molecule has 3 N–H and O–H groups in total. The molecule has 2 atom stereocenters. The molecule has 0 aromatic carbocycles. The topological polar surface area (TPSA) is 95.9 Å². The summed E-state index contributed by atoms with van der Waals surface area (Å²) in [5, 5.41) is 22.9. The van der Waals surface area contributed by atoms with Gasteiger partial charge in [0.15, 0.2) is 0 Å². The number of hydrogen-bond acceptors (Lipinski definition) is 5. The number of nitrogens with one attached hydrogen (secondary N) is 1. The van der Waals surface area contributed by atoms with E-state index in [0.29, 0.717) is 25.9 Å². The zero-order valence-corrected chi connectivity index (χ0v) is 35.4. The van der Waals surface area contributed by atoms with Crippen molar-refractivity contribution in [3.8, 4) is 0 Å². The average Bonchev–Trinajstić information content (AvgIpc) is 3.17. The molecule has 54 heavy (non-hydrogen) atoms. The third kappa shape index (κ3) is 39.5. The molecule has 0 bridgehead atoms. The number of allylic oxidation sites excluding steroid dienone is 7. The Labute approximate surface area is 334 Å². The standard InChI is InChI=1S/C48H87NO5/c1-3-5-7-9-11-13-15-20-24-28-32-36-40-46(51)45(44-50)49-47(52)41-37-33-29-25-21-18-17-19-23-27-31-35-39-43-54-48(53)42-38-34-30-26-22-16-14-12-10-8-6-4-2/h12,14,18,21,29,33,36,40,45-46,50-51H,3-11,13,15-17,19-20,22-28,30-32,34-35,37-39,41-44H2,1-2H3,(H,49,52)/b14-12-,21-18-,33-29-,40-36+. The van der Waals surface area contributed by atoms with Gasteiger partial charge in [0.05, 0.1) is 25.4 Å². The average molecular weight is 758 g/mol. The largest absolute Gasteiger partial charge is 0.466 e. The lowest BCUT2D eigenvalue weighted by atomic mass is 10.1. The third-order valence-corrected chi connectivity index (χ3v) is 10.1. The fraction of sp³-hybridized carbons (Fsp3) is 0.792. The van der Waals surface area contributed by atoms with Gasteiger partial charge in [0, 0.05) is 12.8 Å². The van der Waals surface area contributed by atoms with Crippen LogP contribution in [0.5, 0.6) is 0 Å². The SMILES string of the molecule is CCCCC/C=C\CCCCCCCC(=O)OCCCCCCCC/C=C\C/C=C\CCC(=O)NC(CO)C(O)/C=C/CCCCCCCCCCCC. The van der Waals surface area contributed by atoms with Gasteiger partial charge in [-0.15, -0.1) is 0 Å². The van der Waals surface area contributed by atoms with Gasteiger partial charge in [-0.05, 0) is 77.0 Å². The zero-order valence-electron chi connectivity index (χ0n) is 35.4. The van der Waals surface area contributed by atoms with E-state index >= 15 is 0 Å². The van der Waals surface area contributed by atoms with E-state index in [1.807, 2.05) is 12.2 Å². The number of rotatable bonds is 41. The van der Waals surface area contributed by atoms with Crippen LogP contribution < -0.4 is 5.32 Å². The Morgan fingerprint density at radius 1 is 0.519 bits per heavy atom. The predicted molar refractivity (Wildman–Crippen MR) is 232 cm³/mol. The Bertz CT molecular complexity index is 926. The number of amides is 1. The molecule has 0 aliphatic carbocycles. The Hall–Kier alpha value is -2.18. The number of aliphatic hydroxyl groups excluding tert-OH is 2. The minimum atomic E-state index is -0.878.